The summed E-state index contributed by atoms with van der Waals surface area (Å²) >= 11 is 1.78. The van der Waals surface area contributed by atoms with Crippen molar-refractivity contribution < 1.29 is 19.1 Å². The van der Waals surface area contributed by atoms with Gasteiger partial charge in [-0.3, -0.25) is 0 Å². The van der Waals surface area contributed by atoms with Crippen molar-refractivity contribution in [2.24, 2.45) is 0 Å². The van der Waals surface area contributed by atoms with Crippen LogP contribution in [0.5, 0.6) is 11.5 Å². The quantitative estimate of drug-likeness (QED) is 0.461. The first-order valence-corrected chi connectivity index (χ1v) is 9.29. The molecule has 0 radical (unpaired) electrons. The van der Waals surface area contributed by atoms with Gasteiger partial charge < -0.3 is 9.47 Å². The van der Waals surface area contributed by atoms with Gasteiger partial charge >= 0.3 is 6.15 Å². The highest BCUT2D eigenvalue weighted by atomic mass is 32.2. The van der Waals surface area contributed by atoms with Gasteiger partial charge in [-0.2, -0.15) is 9.59 Å². The number of para-hydroxylation sites is 1. The van der Waals surface area contributed by atoms with Crippen molar-refractivity contribution in [3.8, 4) is 11.5 Å². The summed E-state index contributed by atoms with van der Waals surface area (Å²) in [4.78, 5) is 17.5. The van der Waals surface area contributed by atoms with Gasteiger partial charge in [0.05, 0.1) is 6.61 Å². The predicted molar refractivity (Wildman–Crippen MR) is 104 cm³/mol. The predicted octanol–water partition coefficient (Wildman–Crippen LogP) is 4.93. The Morgan fingerprint density at radius 2 is 1.81 bits per heavy atom. The molecule has 0 N–H and O–H groups in total. The highest BCUT2D eigenvalue weighted by Gasteiger charge is 2.03. The fourth-order valence-electron chi connectivity index (χ4n) is 2.01. The van der Waals surface area contributed by atoms with Gasteiger partial charge in [0.1, 0.15) is 18.1 Å². The van der Waals surface area contributed by atoms with E-state index in [4.69, 9.17) is 19.1 Å². The number of hydrogen-bond acceptors (Lipinski definition) is 5. The lowest BCUT2D eigenvalue weighted by atomic mass is 10.2. The van der Waals surface area contributed by atoms with E-state index in [0.717, 1.165) is 35.9 Å². The molecule has 0 spiro atoms. The fraction of sp³-hybridized carbons (Fsp3) is 0.286. The molecule has 0 unspecified atom stereocenters. The Kier molecular flexibility index (Phi) is 10.6. The van der Waals surface area contributed by atoms with Crippen LogP contribution in [-0.4, -0.2) is 25.1 Å². The molecule has 138 valence electrons. The molecule has 2 aromatic rings. The van der Waals surface area contributed by atoms with Crippen LogP contribution >= 0.6 is 11.8 Å². The van der Waals surface area contributed by atoms with E-state index >= 15 is 0 Å². The van der Waals surface area contributed by atoms with Crippen LogP contribution in [0, 0.1) is 6.92 Å². The van der Waals surface area contributed by atoms with Gasteiger partial charge in [-0.25, -0.2) is 0 Å². The topological polar surface area (TPSA) is 52.6 Å². The number of rotatable bonds is 9. The molecule has 0 bridgehead atoms. The summed E-state index contributed by atoms with van der Waals surface area (Å²) in [5.41, 5.74) is 2.25. The Bertz CT molecular complexity index is 707. The molecule has 0 aliphatic carbocycles. The summed E-state index contributed by atoms with van der Waals surface area (Å²) in [5, 5.41) is 0. The number of benzene rings is 2. The highest BCUT2D eigenvalue weighted by molar-refractivity contribution is 7.99. The summed E-state index contributed by atoms with van der Waals surface area (Å²) in [7, 11) is 0. The van der Waals surface area contributed by atoms with Crippen molar-refractivity contribution in [2.75, 3.05) is 19.0 Å². The second-order valence-electron chi connectivity index (χ2n) is 5.50. The fourth-order valence-corrected chi connectivity index (χ4v) is 2.89. The Balaban J connectivity index is 0.00000105. The third-order valence-corrected chi connectivity index (χ3v) is 4.38. The molecule has 26 heavy (non-hydrogen) atoms. The Hall–Kier alpha value is -2.49. The minimum Gasteiger partial charge on any atom is -0.493 e. The van der Waals surface area contributed by atoms with Crippen molar-refractivity contribution in [3.05, 3.63) is 66.2 Å². The average Bonchev–Trinajstić information content (AvgIpc) is 2.65. The van der Waals surface area contributed by atoms with Crippen LogP contribution in [0.4, 0.5) is 0 Å². The minimum absolute atomic E-state index is 0.250. The summed E-state index contributed by atoms with van der Waals surface area (Å²) in [6.45, 7) is 9.61. The molecule has 0 fully saturated rings. The van der Waals surface area contributed by atoms with E-state index in [2.05, 4.69) is 38.6 Å². The van der Waals surface area contributed by atoms with E-state index in [1.807, 2.05) is 30.3 Å². The van der Waals surface area contributed by atoms with Crippen LogP contribution in [0.2, 0.25) is 0 Å². The monoisotopic (exact) mass is 372 g/mol. The Labute approximate surface area is 159 Å². The largest absolute Gasteiger partial charge is 0.493 e. The molecule has 0 aliphatic rings. The first-order valence-electron chi connectivity index (χ1n) is 8.30. The Morgan fingerprint density at radius 3 is 2.42 bits per heavy atom. The molecular formula is C21H24O4S. The van der Waals surface area contributed by atoms with Gasteiger partial charge in [-0.15, -0.1) is 11.8 Å². The third-order valence-electron chi connectivity index (χ3n) is 3.24. The van der Waals surface area contributed by atoms with E-state index in [9.17, 15) is 0 Å². The van der Waals surface area contributed by atoms with Crippen molar-refractivity contribution >= 4 is 17.9 Å². The Morgan fingerprint density at radius 1 is 1.12 bits per heavy atom. The number of thioether (sulfide) groups is 1. The van der Waals surface area contributed by atoms with Gasteiger partial charge in [0.15, 0.2) is 0 Å². The normalized spacial score (nSPS) is 9.46. The number of aryl methyl sites for hydroxylation is 1. The van der Waals surface area contributed by atoms with Crippen molar-refractivity contribution in [3.63, 3.8) is 0 Å². The van der Waals surface area contributed by atoms with Crippen LogP contribution in [0.15, 0.2) is 65.6 Å². The molecule has 2 rings (SSSR count). The van der Waals surface area contributed by atoms with Gasteiger partial charge in [0.2, 0.25) is 0 Å². The van der Waals surface area contributed by atoms with Crippen molar-refractivity contribution in [2.45, 2.75) is 25.2 Å². The zero-order valence-electron chi connectivity index (χ0n) is 15.2. The van der Waals surface area contributed by atoms with Crippen LogP contribution in [0.1, 0.15) is 18.9 Å². The van der Waals surface area contributed by atoms with Crippen LogP contribution in [-0.2, 0) is 9.59 Å². The van der Waals surface area contributed by atoms with Gasteiger partial charge in [-0.1, -0.05) is 31.7 Å². The van der Waals surface area contributed by atoms with Gasteiger partial charge in [-0.05, 0) is 54.8 Å². The summed E-state index contributed by atoms with van der Waals surface area (Å²) < 4.78 is 11.4. The maximum absolute atomic E-state index is 8.12. The molecule has 5 heteroatoms. The van der Waals surface area contributed by atoms with Gasteiger partial charge in [0, 0.05) is 10.6 Å². The molecule has 4 nitrogen and oxygen atoms in total. The van der Waals surface area contributed by atoms with E-state index in [1.54, 1.807) is 11.8 Å². The second kappa shape index (κ2) is 12.8. The average molecular weight is 372 g/mol. The van der Waals surface area contributed by atoms with Gasteiger partial charge in [0.25, 0.3) is 0 Å². The summed E-state index contributed by atoms with van der Waals surface area (Å²) in [6, 6.07) is 16.2. The molecule has 0 saturated heterocycles. The van der Waals surface area contributed by atoms with Crippen LogP contribution in [0.25, 0.3) is 0 Å². The molecule has 0 aliphatic heterocycles. The lowest BCUT2D eigenvalue weighted by Gasteiger charge is -2.11. The summed E-state index contributed by atoms with van der Waals surface area (Å²) in [5.74, 6) is 2.70. The first-order chi connectivity index (χ1) is 12.6. The first kappa shape index (κ1) is 21.6. The highest BCUT2D eigenvalue weighted by Crippen LogP contribution is 2.27. The molecule has 0 aromatic heterocycles. The van der Waals surface area contributed by atoms with Crippen LogP contribution in [0.3, 0.4) is 0 Å². The molecule has 0 amide bonds. The maximum atomic E-state index is 8.12. The number of hydrogen-bond donors (Lipinski definition) is 0. The van der Waals surface area contributed by atoms with Crippen LogP contribution < -0.4 is 9.47 Å². The number of ether oxygens (including phenoxy) is 2. The smallest absolute Gasteiger partial charge is 0.373 e. The zero-order chi connectivity index (χ0) is 19.2. The molecule has 0 atom stereocenters. The SMILES string of the molecule is C=C(COc1ccccc1)CSc1ccc(OCCC)c(C)c1.O=C=O. The van der Waals surface area contributed by atoms with Crippen molar-refractivity contribution in [1.82, 2.24) is 0 Å². The standard InChI is InChI=1S/C20H24O2S.CO2/c1-4-12-21-20-11-10-19(13-17(20)3)23-15-16(2)14-22-18-8-6-5-7-9-18;2-1-3/h5-11,13H,2,4,12,14-15H2,1,3H3;. The van der Waals surface area contributed by atoms with E-state index in [-0.39, 0.29) is 6.15 Å². The molecule has 0 heterocycles. The molecule has 2 aromatic carbocycles. The zero-order valence-corrected chi connectivity index (χ0v) is 16.0. The van der Waals surface area contributed by atoms with E-state index in [1.165, 1.54) is 10.5 Å². The number of carbonyl (C=O) groups excluding carboxylic acids is 2. The lowest BCUT2D eigenvalue weighted by Crippen LogP contribution is -2.02. The molecular weight excluding hydrogens is 348 g/mol. The van der Waals surface area contributed by atoms with E-state index < -0.39 is 0 Å². The van der Waals surface area contributed by atoms with Crippen molar-refractivity contribution in [1.29, 1.82) is 0 Å². The maximum Gasteiger partial charge on any atom is 0.373 e. The lowest BCUT2D eigenvalue weighted by molar-refractivity contribution is -0.191. The third kappa shape index (κ3) is 8.56. The summed E-state index contributed by atoms with van der Waals surface area (Å²) in [6.07, 6.45) is 1.27. The molecule has 0 saturated carbocycles. The second-order valence-corrected chi connectivity index (χ2v) is 6.55. The minimum atomic E-state index is 0.250. The van der Waals surface area contributed by atoms with E-state index in [0.29, 0.717) is 6.61 Å².